The second-order valence-electron chi connectivity index (χ2n) is 12.4. The molecule has 0 saturated carbocycles. The number of aromatic nitrogens is 3. The highest BCUT2D eigenvalue weighted by molar-refractivity contribution is 7.86. The minimum atomic E-state index is -3.25. The fourth-order valence-electron chi connectivity index (χ4n) is 6.84. The van der Waals surface area contributed by atoms with Crippen molar-refractivity contribution >= 4 is 40.1 Å². The Labute approximate surface area is 297 Å². The molecular formula is C45H31N4OP. The minimum Gasteiger partial charge on any atom is -0.309 e. The SMILES string of the molecule is O=P1(c2ccccc2)c2ccccc2N(c2ccccc2)c2ccc(-c3ccc(-c4nc(-c5ccccc5)nc(-c5ccccc5)n4)cc3)cc21. The Hall–Kier alpha value is -6.42. The van der Waals surface area contributed by atoms with Crippen molar-refractivity contribution in [1.29, 1.82) is 0 Å². The number of hydrogen-bond acceptors (Lipinski definition) is 5. The molecule has 1 aliphatic rings. The molecule has 0 radical (unpaired) electrons. The Morgan fingerprint density at radius 1 is 0.373 bits per heavy atom. The number of nitrogens with zero attached hydrogens (tertiary/aromatic N) is 4. The van der Waals surface area contributed by atoms with E-state index in [1.807, 2.05) is 127 Å². The van der Waals surface area contributed by atoms with Crippen molar-refractivity contribution in [3.05, 3.63) is 188 Å². The van der Waals surface area contributed by atoms with Crippen LogP contribution in [-0.2, 0) is 4.57 Å². The molecule has 9 rings (SSSR count). The van der Waals surface area contributed by atoms with Gasteiger partial charge in [0.15, 0.2) is 24.6 Å². The van der Waals surface area contributed by atoms with Crippen molar-refractivity contribution in [3.8, 4) is 45.3 Å². The van der Waals surface area contributed by atoms with Gasteiger partial charge in [-0.25, -0.2) is 15.0 Å². The van der Waals surface area contributed by atoms with Gasteiger partial charge in [0.1, 0.15) is 0 Å². The fraction of sp³-hybridized carbons (Fsp3) is 0. The third-order valence-corrected chi connectivity index (χ3v) is 12.4. The number of fused-ring (bicyclic) bond motifs is 2. The molecule has 1 unspecified atom stereocenters. The van der Waals surface area contributed by atoms with Crippen LogP contribution in [0.4, 0.5) is 17.1 Å². The molecule has 6 heteroatoms. The molecule has 0 aliphatic carbocycles. The molecule has 1 atom stereocenters. The average Bonchev–Trinajstić information content (AvgIpc) is 3.22. The molecule has 5 nitrogen and oxygen atoms in total. The monoisotopic (exact) mass is 674 g/mol. The maximum atomic E-state index is 15.7. The maximum absolute atomic E-state index is 15.7. The summed E-state index contributed by atoms with van der Waals surface area (Å²) in [5, 5.41) is 2.46. The molecule has 0 saturated heterocycles. The summed E-state index contributed by atoms with van der Waals surface area (Å²) >= 11 is 0. The predicted octanol–water partition coefficient (Wildman–Crippen LogP) is 9.96. The van der Waals surface area contributed by atoms with Crippen molar-refractivity contribution < 1.29 is 4.57 Å². The summed E-state index contributed by atoms with van der Waals surface area (Å²) in [6, 6.07) is 62.9. The van der Waals surface area contributed by atoms with Gasteiger partial charge in [-0.2, -0.15) is 0 Å². The molecule has 1 aromatic heterocycles. The number of anilines is 3. The van der Waals surface area contributed by atoms with Crippen molar-refractivity contribution in [2.75, 3.05) is 4.90 Å². The normalized spacial score (nSPS) is 14.8. The van der Waals surface area contributed by atoms with Crippen LogP contribution in [-0.4, -0.2) is 15.0 Å². The average molecular weight is 675 g/mol. The Bertz CT molecular complexity index is 2490. The van der Waals surface area contributed by atoms with E-state index < -0.39 is 7.14 Å². The maximum Gasteiger partial charge on any atom is 0.175 e. The van der Waals surface area contributed by atoms with Gasteiger partial charge in [-0.15, -0.1) is 0 Å². The highest BCUT2D eigenvalue weighted by atomic mass is 31.2. The zero-order valence-corrected chi connectivity index (χ0v) is 28.4. The van der Waals surface area contributed by atoms with E-state index in [-0.39, 0.29) is 0 Å². The summed E-state index contributed by atoms with van der Waals surface area (Å²) < 4.78 is 15.7. The van der Waals surface area contributed by atoms with Crippen LogP contribution in [0, 0.1) is 0 Å². The van der Waals surface area contributed by atoms with Crippen LogP contribution in [0.15, 0.2) is 188 Å². The molecule has 0 amide bonds. The van der Waals surface area contributed by atoms with Crippen LogP contribution in [0.2, 0.25) is 0 Å². The number of para-hydroxylation sites is 2. The van der Waals surface area contributed by atoms with Gasteiger partial charge in [0.05, 0.1) is 11.4 Å². The zero-order chi connectivity index (χ0) is 34.2. The first-order valence-corrected chi connectivity index (χ1v) is 18.6. The lowest BCUT2D eigenvalue weighted by molar-refractivity contribution is 0.592. The number of rotatable bonds is 6. The topological polar surface area (TPSA) is 59.0 Å². The van der Waals surface area contributed by atoms with Crippen molar-refractivity contribution in [3.63, 3.8) is 0 Å². The summed E-state index contributed by atoms with van der Waals surface area (Å²) in [6.45, 7) is 0. The lowest BCUT2D eigenvalue weighted by atomic mass is 10.0. The van der Waals surface area contributed by atoms with E-state index >= 15 is 4.57 Å². The van der Waals surface area contributed by atoms with E-state index in [1.165, 1.54) is 0 Å². The van der Waals surface area contributed by atoms with Crippen LogP contribution in [0.5, 0.6) is 0 Å². The number of hydrogen-bond donors (Lipinski definition) is 0. The Morgan fingerprint density at radius 2 is 0.804 bits per heavy atom. The molecule has 7 aromatic carbocycles. The van der Waals surface area contributed by atoms with E-state index in [9.17, 15) is 0 Å². The molecule has 0 N–H and O–H groups in total. The first-order valence-electron chi connectivity index (χ1n) is 16.9. The Kier molecular flexibility index (Phi) is 7.68. The standard InChI is InChI=1S/C45H31N4OP/c50-51(38-21-11-4-12-22-38)41-24-14-13-23-39(41)49(37-19-9-3-10-20-37)40-30-29-36(31-42(40)51)32-25-27-35(28-26-32)45-47-43(33-15-5-1-6-16-33)46-44(48-45)34-17-7-2-8-18-34/h1-31H. The van der Waals surface area contributed by atoms with E-state index in [2.05, 4.69) is 65.6 Å². The summed E-state index contributed by atoms with van der Waals surface area (Å²) in [5.41, 5.74) is 7.59. The summed E-state index contributed by atoms with van der Waals surface area (Å²) in [4.78, 5) is 16.9. The Morgan fingerprint density at radius 3 is 1.39 bits per heavy atom. The smallest absolute Gasteiger partial charge is 0.175 e. The lowest BCUT2D eigenvalue weighted by Crippen LogP contribution is -2.36. The van der Waals surface area contributed by atoms with Crippen molar-refractivity contribution in [2.45, 2.75) is 0 Å². The van der Waals surface area contributed by atoms with Gasteiger partial charge in [-0.05, 0) is 47.5 Å². The molecule has 0 spiro atoms. The van der Waals surface area contributed by atoms with Crippen LogP contribution in [0.1, 0.15) is 0 Å². The summed E-state index contributed by atoms with van der Waals surface area (Å²) in [5.74, 6) is 1.85. The van der Waals surface area contributed by atoms with Gasteiger partial charge in [0, 0.05) is 38.3 Å². The van der Waals surface area contributed by atoms with Crippen LogP contribution in [0.25, 0.3) is 45.3 Å². The fourth-order valence-corrected chi connectivity index (χ4v) is 9.86. The van der Waals surface area contributed by atoms with Gasteiger partial charge in [0.2, 0.25) is 0 Å². The van der Waals surface area contributed by atoms with E-state index in [0.29, 0.717) is 17.5 Å². The molecule has 51 heavy (non-hydrogen) atoms. The van der Waals surface area contributed by atoms with E-state index in [0.717, 1.165) is 60.8 Å². The van der Waals surface area contributed by atoms with Gasteiger partial charge < -0.3 is 9.46 Å². The van der Waals surface area contributed by atoms with Crippen LogP contribution in [0.3, 0.4) is 0 Å². The van der Waals surface area contributed by atoms with E-state index in [1.54, 1.807) is 0 Å². The molecule has 1 aliphatic heterocycles. The highest BCUT2D eigenvalue weighted by Gasteiger charge is 2.41. The predicted molar refractivity (Wildman–Crippen MR) is 209 cm³/mol. The van der Waals surface area contributed by atoms with Crippen molar-refractivity contribution in [2.24, 2.45) is 0 Å². The summed E-state index contributed by atoms with van der Waals surface area (Å²) in [7, 11) is -3.25. The molecule has 242 valence electrons. The number of benzene rings is 7. The largest absolute Gasteiger partial charge is 0.309 e. The van der Waals surface area contributed by atoms with Crippen molar-refractivity contribution in [1.82, 2.24) is 15.0 Å². The third-order valence-electron chi connectivity index (χ3n) is 9.33. The molecule has 2 heterocycles. The quantitative estimate of drug-likeness (QED) is 0.164. The Balaban J connectivity index is 1.17. The third kappa shape index (κ3) is 5.45. The molecular weight excluding hydrogens is 643 g/mol. The first-order chi connectivity index (χ1) is 25.2. The van der Waals surface area contributed by atoms with Gasteiger partial charge in [0.25, 0.3) is 0 Å². The molecule has 0 fully saturated rings. The summed E-state index contributed by atoms with van der Waals surface area (Å²) in [6.07, 6.45) is 0. The van der Waals surface area contributed by atoms with Crippen LogP contribution < -0.4 is 20.8 Å². The second-order valence-corrected chi connectivity index (χ2v) is 15.1. The van der Waals surface area contributed by atoms with Gasteiger partial charge in [-0.1, -0.05) is 152 Å². The second kappa shape index (κ2) is 12.8. The highest BCUT2D eigenvalue weighted by Crippen LogP contribution is 2.54. The zero-order valence-electron chi connectivity index (χ0n) is 27.5. The molecule has 8 aromatic rings. The molecule has 0 bridgehead atoms. The minimum absolute atomic E-state index is 0.600. The lowest BCUT2D eigenvalue weighted by Gasteiger charge is -2.38. The van der Waals surface area contributed by atoms with E-state index in [4.69, 9.17) is 15.0 Å². The van der Waals surface area contributed by atoms with Crippen LogP contribution >= 0.6 is 7.14 Å². The van der Waals surface area contributed by atoms with Gasteiger partial charge in [-0.3, -0.25) is 0 Å². The van der Waals surface area contributed by atoms with Gasteiger partial charge >= 0.3 is 0 Å². The first kappa shape index (κ1) is 30.6.